The molecule has 0 N–H and O–H groups in total. The van der Waals surface area contributed by atoms with Gasteiger partial charge in [0.15, 0.2) is 8.32 Å². The molecular formula is C9H30O3Si4. The first-order chi connectivity index (χ1) is 7.16. The van der Waals surface area contributed by atoms with Gasteiger partial charge in [-0.25, -0.2) is 0 Å². The second-order valence-corrected chi connectivity index (χ2v) is 16.5. The van der Waals surface area contributed by atoms with Crippen LogP contribution in [0.2, 0.25) is 45.8 Å². The van der Waals surface area contributed by atoms with Crippen LogP contribution in [-0.4, -0.2) is 35.9 Å². The van der Waals surface area contributed by atoms with E-state index in [1.165, 1.54) is 0 Å². The van der Waals surface area contributed by atoms with Crippen LogP contribution in [0, 0.1) is 0 Å². The third-order valence-electron chi connectivity index (χ3n) is 1.46. The lowest BCUT2D eigenvalue weighted by Crippen LogP contribution is -2.45. The Morgan fingerprint density at radius 3 is 1.69 bits per heavy atom. The van der Waals surface area contributed by atoms with Crippen LogP contribution >= 0.6 is 0 Å². The van der Waals surface area contributed by atoms with Crippen molar-refractivity contribution in [3.05, 3.63) is 0 Å². The highest BCUT2D eigenvalue weighted by Gasteiger charge is 2.29. The first-order valence-corrected chi connectivity index (χ1v) is 16.5. The molecule has 0 spiro atoms. The minimum Gasteiger partial charge on any atom is -0.442 e. The van der Waals surface area contributed by atoms with Gasteiger partial charge in [-0.15, -0.1) is 0 Å². The van der Waals surface area contributed by atoms with Crippen LogP contribution in [0.3, 0.4) is 0 Å². The predicted molar refractivity (Wildman–Crippen MR) is 82.9 cm³/mol. The van der Waals surface area contributed by atoms with E-state index < -0.39 is 26.2 Å². The fraction of sp³-hybridized carbons (Fsp3) is 1.00. The summed E-state index contributed by atoms with van der Waals surface area (Å²) in [4.78, 5) is 0. The van der Waals surface area contributed by atoms with Crippen LogP contribution in [-0.2, 0) is 12.3 Å². The van der Waals surface area contributed by atoms with Gasteiger partial charge in [0.05, 0.1) is 0 Å². The van der Waals surface area contributed by atoms with Crippen LogP contribution in [0.5, 0.6) is 0 Å². The summed E-state index contributed by atoms with van der Waals surface area (Å²) in [5.74, 6) is 0. The molecule has 0 bridgehead atoms. The molecule has 0 fully saturated rings. The van der Waals surface area contributed by atoms with Crippen LogP contribution in [0.15, 0.2) is 0 Å². The van der Waals surface area contributed by atoms with Crippen molar-refractivity contribution in [1.82, 2.24) is 0 Å². The van der Waals surface area contributed by atoms with Gasteiger partial charge in [0.2, 0.25) is 0 Å². The maximum atomic E-state index is 5.96. The quantitative estimate of drug-likeness (QED) is 0.706. The topological polar surface area (TPSA) is 27.7 Å². The lowest BCUT2D eigenvalue weighted by molar-refractivity contribution is 0.362. The molecule has 0 radical (unpaired) electrons. The largest absolute Gasteiger partial charge is 0.442 e. The van der Waals surface area contributed by atoms with Crippen molar-refractivity contribution in [1.29, 1.82) is 0 Å². The van der Waals surface area contributed by atoms with Gasteiger partial charge >= 0.3 is 8.56 Å². The number of hydrogen-bond donors (Lipinski definition) is 0. The third-order valence-corrected chi connectivity index (χ3v) is 13.2. The summed E-state index contributed by atoms with van der Waals surface area (Å²) in [6, 6.07) is 0. The van der Waals surface area contributed by atoms with E-state index in [4.69, 9.17) is 12.3 Å². The zero-order chi connectivity index (χ0) is 13.4. The fourth-order valence-corrected chi connectivity index (χ4v) is 12.8. The van der Waals surface area contributed by atoms with Crippen molar-refractivity contribution in [2.24, 2.45) is 0 Å². The van der Waals surface area contributed by atoms with Gasteiger partial charge in [-0.1, -0.05) is 20.4 Å². The normalized spacial score (nSPS) is 14.8. The highest BCUT2D eigenvalue weighted by atomic mass is 28.5. The van der Waals surface area contributed by atoms with E-state index in [-0.39, 0.29) is 9.76 Å². The Kier molecular flexibility index (Phi) is 10.5. The first-order valence-electron chi connectivity index (χ1n) is 6.16. The minimum atomic E-state index is -1.85. The van der Waals surface area contributed by atoms with Crippen molar-refractivity contribution >= 4 is 35.9 Å². The van der Waals surface area contributed by atoms with E-state index in [2.05, 4.69) is 45.8 Å². The summed E-state index contributed by atoms with van der Waals surface area (Å²) < 4.78 is 17.6. The molecule has 16 heavy (non-hydrogen) atoms. The molecular weight excluding hydrogens is 268 g/mol. The van der Waals surface area contributed by atoms with Gasteiger partial charge in [-0.2, -0.15) is 0 Å². The molecule has 0 aliphatic rings. The molecule has 0 rings (SSSR count). The van der Waals surface area contributed by atoms with Gasteiger partial charge < -0.3 is 12.3 Å². The van der Waals surface area contributed by atoms with Crippen LogP contribution in [0.4, 0.5) is 0 Å². The molecule has 0 amide bonds. The molecule has 0 aromatic rings. The zero-order valence-corrected chi connectivity index (χ0v) is 17.1. The summed E-state index contributed by atoms with van der Waals surface area (Å²) in [5, 5.41) is 0. The maximum absolute atomic E-state index is 5.96. The Morgan fingerprint density at radius 1 is 0.938 bits per heavy atom. The summed E-state index contributed by atoms with van der Waals surface area (Å²) in [5.41, 5.74) is 0. The van der Waals surface area contributed by atoms with E-state index in [1.54, 1.807) is 0 Å². The number of hydrogen-bond acceptors (Lipinski definition) is 3. The lowest BCUT2D eigenvalue weighted by atomic mass is 11.0. The SMILES string of the molecule is CC.C[SiH2]O[Si](C)(C)O[SiH](C)O[Si](C)(C)C. The fourth-order valence-electron chi connectivity index (χ4n) is 1.30. The predicted octanol–water partition coefficient (Wildman–Crippen LogP) is 2.58. The summed E-state index contributed by atoms with van der Waals surface area (Å²) in [6.45, 7) is 19.1. The van der Waals surface area contributed by atoms with Gasteiger partial charge in [-0.3, -0.25) is 0 Å². The lowest BCUT2D eigenvalue weighted by Gasteiger charge is -2.30. The highest BCUT2D eigenvalue weighted by molar-refractivity contribution is 6.80. The van der Waals surface area contributed by atoms with Crippen LogP contribution in [0.1, 0.15) is 13.8 Å². The minimum absolute atomic E-state index is 0.360. The Morgan fingerprint density at radius 2 is 1.38 bits per heavy atom. The third kappa shape index (κ3) is 12.8. The Hall–Kier alpha value is 0.748. The summed E-state index contributed by atoms with van der Waals surface area (Å²) >= 11 is 0. The molecule has 0 saturated heterocycles. The molecule has 1 unspecified atom stereocenters. The van der Waals surface area contributed by atoms with E-state index in [9.17, 15) is 0 Å². The summed E-state index contributed by atoms with van der Waals surface area (Å²) in [6.07, 6.45) is 0. The average Bonchev–Trinajstić information content (AvgIpc) is 2.02. The maximum Gasteiger partial charge on any atom is 0.312 e. The van der Waals surface area contributed by atoms with Crippen molar-refractivity contribution in [3.8, 4) is 0 Å². The van der Waals surface area contributed by atoms with Gasteiger partial charge in [0.1, 0.15) is 9.76 Å². The molecule has 100 valence electrons. The Labute approximate surface area is 108 Å². The molecule has 0 aromatic carbocycles. The Balaban J connectivity index is 0. The van der Waals surface area contributed by atoms with Gasteiger partial charge in [0.25, 0.3) is 9.28 Å². The van der Waals surface area contributed by atoms with E-state index in [0.29, 0.717) is 0 Å². The average molecular weight is 299 g/mol. The van der Waals surface area contributed by atoms with Gasteiger partial charge in [-0.05, 0) is 39.3 Å². The van der Waals surface area contributed by atoms with Crippen molar-refractivity contribution < 1.29 is 12.3 Å². The first kappa shape index (κ1) is 19.1. The standard InChI is InChI=1S/C7H24O3Si4.C2H6/c1-11-8-14(6,7)10-12(2)9-13(3,4)5;1-2/h12H,11H2,1-7H3;1-2H3. The molecule has 0 saturated carbocycles. The Bertz CT molecular complexity index is 171. The van der Waals surface area contributed by atoms with Crippen LogP contribution < -0.4 is 0 Å². The second-order valence-electron chi connectivity index (χ2n) is 4.75. The number of rotatable bonds is 6. The van der Waals surface area contributed by atoms with Crippen LogP contribution in [0.25, 0.3) is 0 Å². The van der Waals surface area contributed by atoms with Crippen molar-refractivity contribution in [2.45, 2.75) is 59.7 Å². The zero-order valence-electron chi connectivity index (χ0n) is 12.5. The molecule has 0 aliphatic heterocycles. The second kappa shape index (κ2) is 8.78. The smallest absolute Gasteiger partial charge is 0.312 e. The molecule has 7 heteroatoms. The molecule has 0 aromatic heterocycles. The van der Waals surface area contributed by atoms with E-state index >= 15 is 0 Å². The monoisotopic (exact) mass is 298 g/mol. The molecule has 0 aliphatic carbocycles. The summed E-state index contributed by atoms with van der Waals surface area (Å²) in [7, 11) is -5.10. The molecule has 1 atom stereocenters. The molecule has 3 nitrogen and oxygen atoms in total. The van der Waals surface area contributed by atoms with Crippen molar-refractivity contribution in [2.75, 3.05) is 0 Å². The van der Waals surface area contributed by atoms with E-state index in [0.717, 1.165) is 0 Å². The highest BCUT2D eigenvalue weighted by Crippen LogP contribution is 2.12. The van der Waals surface area contributed by atoms with Gasteiger partial charge in [0, 0.05) is 0 Å². The van der Waals surface area contributed by atoms with Crippen molar-refractivity contribution in [3.63, 3.8) is 0 Å². The molecule has 0 heterocycles. The van der Waals surface area contributed by atoms with E-state index in [1.807, 2.05) is 13.8 Å².